The number of aryl methyl sites for hydroxylation is 1. The summed E-state index contributed by atoms with van der Waals surface area (Å²) in [7, 11) is 0. The van der Waals surface area contributed by atoms with Gasteiger partial charge in [0.05, 0.1) is 0 Å². The number of thiazole rings is 1. The summed E-state index contributed by atoms with van der Waals surface area (Å²) in [5.41, 5.74) is 3.41. The highest BCUT2D eigenvalue weighted by Gasteiger charge is 2.14. The average molecular weight is 381 g/mol. The van der Waals surface area contributed by atoms with Crippen molar-refractivity contribution in [2.75, 3.05) is 6.54 Å². The molecule has 5 heteroatoms. The Morgan fingerprint density at radius 3 is 2.15 bits per heavy atom. The van der Waals surface area contributed by atoms with Crippen LogP contribution in [-0.2, 0) is 11.3 Å². The van der Waals surface area contributed by atoms with E-state index in [1.54, 1.807) is 4.57 Å². The zero-order chi connectivity index (χ0) is 19.1. The number of rotatable bonds is 8. The molecule has 0 saturated heterocycles. The van der Waals surface area contributed by atoms with Crippen LogP contribution in [0.1, 0.15) is 35.6 Å². The van der Waals surface area contributed by atoms with Gasteiger partial charge in [-0.1, -0.05) is 72.0 Å². The van der Waals surface area contributed by atoms with Crippen molar-refractivity contribution in [2.45, 2.75) is 32.2 Å². The number of amides is 1. The van der Waals surface area contributed by atoms with E-state index in [0.717, 1.165) is 12.1 Å². The topological polar surface area (TPSA) is 51.1 Å². The summed E-state index contributed by atoms with van der Waals surface area (Å²) in [5.74, 6) is 0.224. The molecule has 0 fully saturated rings. The number of nitrogens with one attached hydrogen (secondary N) is 1. The van der Waals surface area contributed by atoms with Gasteiger partial charge in [-0.05, 0) is 24.5 Å². The van der Waals surface area contributed by atoms with Crippen LogP contribution in [0.2, 0.25) is 0 Å². The molecule has 0 unspecified atom stereocenters. The number of hydrogen-bond acceptors (Lipinski definition) is 3. The molecule has 27 heavy (non-hydrogen) atoms. The van der Waals surface area contributed by atoms with Gasteiger partial charge >= 0.3 is 4.87 Å². The van der Waals surface area contributed by atoms with Crippen molar-refractivity contribution in [3.8, 4) is 0 Å². The summed E-state index contributed by atoms with van der Waals surface area (Å²) < 4.78 is 1.65. The van der Waals surface area contributed by atoms with Crippen molar-refractivity contribution in [3.63, 3.8) is 0 Å². The first-order valence-corrected chi connectivity index (χ1v) is 10.0. The second-order valence-corrected chi connectivity index (χ2v) is 7.38. The molecule has 1 N–H and O–H groups in total. The molecule has 0 spiro atoms. The zero-order valence-electron chi connectivity index (χ0n) is 15.4. The van der Waals surface area contributed by atoms with E-state index in [4.69, 9.17) is 0 Å². The SMILES string of the molecule is Cc1csc(=O)n1CCC(=O)NCCC(c1ccccc1)c1ccccc1. The molecule has 0 radical (unpaired) electrons. The van der Waals surface area contributed by atoms with Crippen LogP contribution in [0.3, 0.4) is 0 Å². The van der Waals surface area contributed by atoms with Crippen LogP contribution in [0.25, 0.3) is 0 Å². The standard InChI is InChI=1S/C22H24N2O2S/c1-17-16-27-22(26)24(17)15-13-21(25)23-14-12-20(18-8-4-2-5-9-18)19-10-6-3-7-11-19/h2-11,16,20H,12-15H2,1H3,(H,23,25). The minimum absolute atomic E-state index is 0.00600. The monoisotopic (exact) mass is 380 g/mol. The Morgan fingerprint density at radius 1 is 1.04 bits per heavy atom. The van der Waals surface area contributed by atoms with Gasteiger partial charge in [-0.15, -0.1) is 0 Å². The highest BCUT2D eigenvalue weighted by atomic mass is 32.1. The van der Waals surface area contributed by atoms with Gasteiger partial charge in [0.1, 0.15) is 0 Å². The van der Waals surface area contributed by atoms with Crippen LogP contribution in [-0.4, -0.2) is 17.0 Å². The lowest BCUT2D eigenvalue weighted by Crippen LogP contribution is -2.28. The number of hydrogen-bond donors (Lipinski definition) is 1. The predicted molar refractivity (Wildman–Crippen MR) is 110 cm³/mol. The second-order valence-electron chi connectivity index (χ2n) is 6.56. The van der Waals surface area contributed by atoms with E-state index < -0.39 is 0 Å². The number of carbonyl (C=O) groups is 1. The van der Waals surface area contributed by atoms with Gasteiger partial charge in [0.25, 0.3) is 0 Å². The van der Waals surface area contributed by atoms with Gasteiger partial charge in [0, 0.05) is 36.5 Å². The van der Waals surface area contributed by atoms with Crippen LogP contribution in [0.5, 0.6) is 0 Å². The van der Waals surface area contributed by atoms with Gasteiger partial charge < -0.3 is 9.88 Å². The molecule has 0 bridgehead atoms. The lowest BCUT2D eigenvalue weighted by atomic mass is 9.88. The summed E-state index contributed by atoms with van der Waals surface area (Å²) >= 11 is 1.18. The molecular weight excluding hydrogens is 356 g/mol. The fraction of sp³-hybridized carbons (Fsp3) is 0.273. The van der Waals surface area contributed by atoms with Crippen LogP contribution in [0.4, 0.5) is 0 Å². The third-order valence-electron chi connectivity index (χ3n) is 4.70. The van der Waals surface area contributed by atoms with Crippen LogP contribution >= 0.6 is 11.3 Å². The molecular formula is C22H24N2O2S. The summed E-state index contributed by atoms with van der Waals surface area (Å²) in [4.78, 5) is 23.9. The van der Waals surface area contributed by atoms with Crippen LogP contribution in [0.15, 0.2) is 70.8 Å². The number of nitrogens with zero attached hydrogens (tertiary/aromatic N) is 1. The molecule has 0 saturated carbocycles. The van der Waals surface area contributed by atoms with Crippen molar-refractivity contribution >= 4 is 17.2 Å². The molecule has 0 atom stereocenters. The lowest BCUT2D eigenvalue weighted by Gasteiger charge is -2.18. The van der Waals surface area contributed by atoms with Gasteiger partial charge in [-0.25, -0.2) is 0 Å². The van der Waals surface area contributed by atoms with E-state index in [1.165, 1.54) is 22.5 Å². The quantitative estimate of drug-likeness (QED) is 0.643. The van der Waals surface area contributed by atoms with E-state index in [1.807, 2.05) is 48.7 Å². The molecule has 2 aromatic carbocycles. The van der Waals surface area contributed by atoms with Crippen LogP contribution < -0.4 is 10.2 Å². The third-order valence-corrected chi connectivity index (χ3v) is 5.58. The highest BCUT2D eigenvalue weighted by molar-refractivity contribution is 7.07. The maximum absolute atomic E-state index is 12.2. The van der Waals surface area contributed by atoms with Gasteiger partial charge in [0.2, 0.25) is 5.91 Å². The first-order valence-electron chi connectivity index (χ1n) is 9.16. The predicted octanol–water partition coefficient (Wildman–Crippen LogP) is 3.95. The third kappa shape index (κ3) is 5.17. The Labute approximate surface area is 163 Å². The fourth-order valence-electron chi connectivity index (χ4n) is 3.23. The number of carbonyl (C=O) groups excluding carboxylic acids is 1. The van der Waals surface area contributed by atoms with Gasteiger partial charge in [-0.2, -0.15) is 0 Å². The molecule has 4 nitrogen and oxygen atoms in total. The summed E-state index contributed by atoms with van der Waals surface area (Å²) in [6.07, 6.45) is 1.15. The molecule has 1 heterocycles. The van der Waals surface area contributed by atoms with Gasteiger partial charge in [-0.3, -0.25) is 9.59 Å². The average Bonchev–Trinajstić information content (AvgIpc) is 3.02. The molecule has 140 valence electrons. The number of benzene rings is 2. The summed E-state index contributed by atoms with van der Waals surface area (Å²) in [6, 6.07) is 20.7. The molecule has 3 rings (SSSR count). The van der Waals surface area contributed by atoms with Crippen molar-refractivity contribution in [1.82, 2.24) is 9.88 Å². The Balaban J connectivity index is 1.56. The zero-order valence-corrected chi connectivity index (χ0v) is 16.2. The van der Waals surface area contributed by atoms with E-state index in [-0.39, 0.29) is 16.7 Å². The minimum Gasteiger partial charge on any atom is -0.356 e. The Kier molecular flexibility index (Phi) is 6.60. The highest BCUT2D eigenvalue weighted by Crippen LogP contribution is 2.27. The summed E-state index contributed by atoms with van der Waals surface area (Å²) in [6.45, 7) is 2.92. The van der Waals surface area contributed by atoms with Crippen molar-refractivity contribution in [1.29, 1.82) is 0 Å². The normalized spacial score (nSPS) is 10.9. The molecule has 0 aliphatic carbocycles. The van der Waals surface area contributed by atoms with E-state index in [0.29, 0.717) is 19.5 Å². The Hall–Kier alpha value is -2.66. The second kappa shape index (κ2) is 9.33. The van der Waals surface area contributed by atoms with Crippen molar-refractivity contribution < 1.29 is 4.79 Å². The lowest BCUT2D eigenvalue weighted by molar-refractivity contribution is -0.121. The molecule has 1 amide bonds. The Bertz CT molecular complexity index is 877. The van der Waals surface area contributed by atoms with E-state index in [2.05, 4.69) is 29.6 Å². The first-order chi connectivity index (χ1) is 13.1. The van der Waals surface area contributed by atoms with E-state index >= 15 is 0 Å². The Morgan fingerprint density at radius 2 is 1.63 bits per heavy atom. The molecule has 0 aliphatic rings. The molecule has 0 aliphatic heterocycles. The fourth-order valence-corrected chi connectivity index (χ4v) is 3.99. The van der Waals surface area contributed by atoms with Crippen molar-refractivity contribution in [3.05, 3.63) is 92.5 Å². The minimum atomic E-state index is -0.0210. The van der Waals surface area contributed by atoms with Crippen molar-refractivity contribution in [2.24, 2.45) is 0 Å². The van der Waals surface area contributed by atoms with Crippen LogP contribution in [0, 0.1) is 6.92 Å². The molecule has 3 aromatic rings. The number of aromatic nitrogens is 1. The van der Waals surface area contributed by atoms with E-state index in [9.17, 15) is 9.59 Å². The van der Waals surface area contributed by atoms with Gasteiger partial charge in [0.15, 0.2) is 0 Å². The summed E-state index contributed by atoms with van der Waals surface area (Å²) in [5, 5.41) is 4.83. The largest absolute Gasteiger partial charge is 0.356 e. The maximum atomic E-state index is 12.2. The maximum Gasteiger partial charge on any atom is 0.307 e. The smallest absolute Gasteiger partial charge is 0.307 e. The molecule has 1 aromatic heterocycles. The first kappa shape index (κ1) is 19.1.